The summed E-state index contributed by atoms with van der Waals surface area (Å²) in [5.41, 5.74) is 0.978. The van der Waals surface area contributed by atoms with Gasteiger partial charge in [0.15, 0.2) is 5.96 Å². The summed E-state index contributed by atoms with van der Waals surface area (Å²) in [5, 5.41) is 9.11. The van der Waals surface area contributed by atoms with E-state index in [1.807, 2.05) is 13.8 Å². The van der Waals surface area contributed by atoms with Crippen molar-refractivity contribution in [3.63, 3.8) is 0 Å². The number of guanidine groups is 1. The molecule has 0 aliphatic heterocycles. The van der Waals surface area contributed by atoms with Crippen molar-refractivity contribution in [2.24, 2.45) is 4.99 Å². The van der Waals surface area contributed by atoms with Crippen LogP contribution in [0.4, 0.5) is 0 Å². The molecule has 0 atom stereocenters. The molecule has 0 aliphatic carbocycles. The predicted octanol–water partition coefficient (Wildman–Crippen LogP) is 3.32. The van der Waals surface area contributed by atoms with Crippen LogP contribution < -0.4 is 10.6 Å². The molecule has 0 radical (unpaired) electrons. The molecule has 0 saturated carbocycles. The minimum atomic E-state index is -0.223. The van der Waals surface area contributed by atoms with Crippen LogP contribution in [-0.4, -0.2) is 31.8 Å². The molecule has 0 aliphatic rings. The van der Waals surface area contributed by atoms with Crippen LogP contribution >= 0.6 is 0 Å². The van der Waals surface area contributed by atoms with E-state index in [1.165, 1.54) is 16.3 Å². The number of hydrogen-bond acceptors (Lipinski definition) is 2. The third-order valence-corrected chi connectivity index (χ3v) is 3.81. The lowest BCUT2D eigenvalue weighted by Crippen LogP contribution is -2.45. The first-order valence-corrected chi connectivity index (χ1v) is 8.09. The van der Waals surface area contributed by atoms with Crippen molar-refractivity contribution in [3.8, 4) is 0 Å². The first-order chi connectivity index (χ1) is 11.0. The van der Waals surface area contributed by atoms with Crippen molar-refractivity contribution in [3.05, 3.63) is 48.0 Å². The van der Waals surface area contributed by atoms with Gasteiger partial charge >= 0.3 is 0 Å². The van der Waals surface area contributed by atoms with E-state index < -0.39 is 0 Å². The van der Waals surface area contributed by atoms with Crippen molar-refractivity contribution in [1.82, 2.24) is 10.6 Å². The third-order valence-electron chi connectivity index (χ3n) is 3.81. The third kappa shape index (κ3) is 5.25. The maximum absolute atomic E-state index is 5.43. The van der Waals surface area contributed by atoms with Gasteiger partial charge in [0.25, 0.3) is 0 Å². The summed E-state index contributed by atoms with van der Waals surface area (Å²) in [7, 11) is 1.72. The van der Waals surface area contributed by atoms with Crippen LogP contribution in [0.2, 0.25) is 0 Å². The minimum absolute atomic E-state index is 0.223. The van der Waals surface area contributed by atoms with Crippen LogP contribution in [0.1, 0.15) is 26.3 Å². The quantitative estimate of drug-likeness (QED) is 0.635. The minimum Gasteiger partial charge on any atom is -0.377 e. The second kappa shape index (κ2) is 7.97. The van der Waals surface area contributed by atoms with Crippen LogP contribution in [-0.2, 0) is 11.3 Å². The summed E-state index contributed by atoms with van der Waals surface area (Å²) in [6.07, 6.45) is 0. The fourth-order valence-electron chi connectivity index (χ4n) is 2.22. The molecular weight excluding hydrogens is 286 g/mol. The lowest BCUT2D eigenvalue weighted by molar-refractivity contribution is 0.0268. The Bertz CT molecular complexity index is 664. The summed E-state index contributed by atoms with van der Waals surface area (Å²) in [6, 6.07) is 14.9. The lowest BCUT2D eigenvalue weighted by Gasteiger charge is -2.24. The molecule has 124 valence electrons. The van der Waals surface area contributed by atoms with Gasteiger partial charge in [-0.25, -0.2) is 4.99 Å². The van der Waals surface area contributed by atoms with E-state index in [1.54, 1.807) is 7.11 Å². The summed E-state index contributed by atoms with van der Waals surface area (Å²) < 4.78 is 5.43. The van der Waals surface area contributed by atoms with Gasteiger partial charge in [0.2, 0.25) is 0 Å². The van der Waals surface area contributed by atoms with Crippen molar-refractivity contribution in [2.45, 2.75) is 32.9 Å². The number of fused-ring (bicyclic) bond motifs is 1. The van der Waals surface area contributed by atoms with E-state index in [0.29, 0.717) is 13.1 Å². The Hall–Kier alpha value is -2.07. The Morgan fingerprint density at radius 1 is 1.09 bits per heavy atom. The van der Waals surface area contributed by atoms with Crippen LogP contribution in [0.3, 0.4) is 0 Å². The van der Waals surface area contributed by atoms with E-state index >= 15 is 0 Å². The summed E-state index contributed by atoms with van der Waals surface area (Å²) in [4.78, 5) is 4.67. The second-order valence-corrected chi connectivity index (χ2v) is 6.19. The highest BCUT2D eigenvalue weighted by Gasteiger charge is 2.16. The van der Waals surface area contributed by atoms with Crippen LogP contribution in [0, 0.1) is 0 Å². The summed E-state index contributed by atoms with van der Waals surface area (Å²) in [5.74, 6) is 0.811. The topological polar surface area (TPSA) is 45.7 Å². The van der Waals surface area contributed by atoms with E-state index in [4.69, 9.17) is 4.74 Å². The molecule has 2 N–H and O–H groups in total. The van der Waals surface area contributed by atoms with Gasteiger partial charge in [-0.3, -0.25) is 0 Å². The number of hydrogen-bond donors (Lipinski definition) is 2. The smallest absolute Gasteiger partial charge is 0.191 e. The number of benzene rings is 2. The first kappa shape index (κ1) is 17.3. The van der Waals surface area contributed by atoms with Crippen LogP contribution in [0.25, 0.3) is 10.8 Å². The number of nitrogens with one attached hydrogen (secondary N) is 2. The van der Waals surface area contributed by atoms with Crippen LogP contribution in [0.5, 0.6) is 0 Å². The second-order valence-electron chi connectivity index (χ2n) is 6.19. The maximum atomic E-state index is 5.43. The highest BCUT2D eigenvalue weighted by molar-refractivity contribution is 5.83. The summed E-state index contributed by atoms with van der Waals surface area (Å²) in [6.45, 7) is 8.34. The van der Waals surface area contributed by atoms with Gasteiger partial charge in [-0.2, -0.15) is 0 Å². The fraction of sp³-hybridized carbons (Fsp3) is 0.421. The van der Waals surface area contributed by atoms with Gasteiger partial charge in [0.1, 0.15) is 0 Å². The molecule has 2 aromatic rings. The molecule has 0 amide bonds. The largest absolute Gasteiger partial charge is 0.377 e. The zero-order chi connectivity index (χ0) is 16.7. The first-order valence-electron chi connectivity index (χ1n) is 8.09. The van der Waals surface area contributed by atoms with Crippen molar-refractivity contribution in [1.29, 1.82) is 0 Å². The zero-order valence-electron chi connectivity index (χ0n) is 14.5. The lowest BCUT2D eigenvalue weighted by atomic mass is 10.1. The van der Waals surface area contributed by atoms with E-state index in [0.717, 1.165) is 12.5 Å². The van der Waals surface area contributed by atoms with Crippen molar-refractivity contribution in [2.75, 3.05) is 20.2 Å². The predicted molar refractivity (Wildman–Crippen MR) is 97.9 cm³/mol. The molecule has 4 heteroatoms. The molecule has 23 heavy (non-hydrogen) atoms. The van der Waals surface area contributed by atoms with Gasteiger partial charge in [-0.15, -0.1) is 0 Å². The number of ether oxygens (including phenoxy) is 1. The van der Waals surface area contributed by atoms with Gasteiger partial charge in [-0.05, 0) is 43.2 Å². The molecule has 0 heterocycles. The maximum Gasteiger partial charge on any atom is 0.191 e. The Kier molecular flexibility index (Phi) is 5.99. The standard InChI is InChI=1S/C19H27N3O/c1-5-20-18(22-14-19(2,3)23-4)21-13-15-10-11-16-8-6-7-9-17(16)12-15/h6-12H,5,13-14H2,1-4H3,(H2,20,21,22). The molecule has 0 aromatic heterocycles. The Balaban J connectivity index is 2.06. The van der Waals surface area contributed by atoms with E-state index in [9.17, 15) is 0 Å². The average molecular weight is 313 g/mol. The molecular formula is C19H27N3O. The van der Waals surface area contributed by atoms with Gasteiger partial charge < -0.3 is 15.4 Å². The zero-order valence-corrected chi connectivity index (χ0v) is 14.5. The molecule has 0 unspecified atom stereocenters. The molecule has 0 saturated heterocycles. The number of aliphatic imine (C=N–C) groups is 1. The van der Waals surface area contributed by atoms with Gasteiger partial charge in [0, 0.05) is 20.2 Å². The molecule has 0 spiro atoms. The number of nitrogens with zero attached hydrogens (tertiary/aromatic N) is 1. The Labute approximate surface area is 139 Å². The van der Waals surface area contributed by atoms with Crippen LogP contribution in [0.15, 0.2) is 47.5 Å². The Morgan fingerprint density at radius 3 is 2.52 bits per heavy atom. The van der Waals surface area contributed by atoms with Crippen molar-refractivity contribution < 1.29 is 4.74 Å². The molecule has 2 aromatic carbocycles. The van der Waals surface area contributed by atoms with Gasteiger partial charge in [0.05, 0.1) is 12.1 Å². The average Bonchev–Trinajstić information content (AvgIpc) is 2.57. The summed E-state index contributed by atoms with van der Waals surface area (Å²) >= 11 is 0. The fourth-order valence-corrected chi connectivity index (χ4v) is 2.22. The normalized spacial score (nSPS) is 12.4. The monoisotopic (exact) mass is 313 g/mol. The SMILES string of the molecule is CCNC(=NCc1ccc2ccccc2c1)NCC(C)(C)OC. The number of methoxy groups -OCH3 is 1. The highest BCUT2D eigenvalue weighted by atomic mass is 16.5. The molecule has 4 nitrogen and oxygen atoms in total. The highest BCUT2D eigenvalue weighted by Crippen LogP contribution is 2.16. The Morgan fingerprint density at radius 2 is 1.83 bits per heavy atom. The van der Waals surface area contributed by atoms with E-state index in [-0.39, 0.29) is 5.60 Å². The van der Waals surface area contributed by atoms with Gasteiger partial charge in [-0.1, -0.05) is 36.4 Å². The molecule has 2 rings (SSSR count). The molecule has 0 bridgehead atoms. The molecule has 0 fully saturated rings. The van der Waals surface area contributed by atoms with E-state index in [2.05, 4.69) is 65.0 Å². The number of rotatable bonds is 6. The van der Waals surface area contributed by atoms with Crippen molar-refractivity contribution >= 4 is 16.7 Å².